The Morgan fingerprint density at radius 1 is 0.800 bits per heavy atom. The lowest BCUT2D eigenvalue weighted by Crippen LogP contribution is -2.35. The van der Waals surface area contributed by atoms with E-state index in [0.29, 0.717) is 28.2 Å². The Morgan fingerprint density at radius 2 is 1.30 bits per heavy atom. The van der Waals surface area contributed by atoms with Crippen LogP contribution in [-0.2, 0) is 12.6 Å². The number of rotatable bonds is 6. The molecule has 154 valence electrons. The quantitative estimate of drug-likeness (QED) is 0.507. The van der Waals surface area contributed by atoms with Gasteiger partial charge in [-0.2, -0.15) is 0 Å². The van der Waals surface area contributed by atoms with Crippen LogP contribution in [0.4, 0.5) is 0 Å². The van der Waals surface area contributed by atoms with Crippen molar-refractivity contribution in [2.75, 3.05) is 14.2 Å². The van der Waals surface area contributed by atoms with Crippen molar-refractivity contribution in [3.8, 4) is 11.5 Å². The van der Waals surface area contributed by atoms with Gasteiger partial charge in [-0.15, -0.1) is 0 Å². The zero-order valence-corrected chi connectivity index (χ0v) is 17.2. The number of benzene rings is 3. The summed E-state index contributed by atoms with van der Waals surface area (Å²) in [6.45, 7) is 0. The summed E-state index contributed by atoms with van der Waals surface area (Å²) in [5.74, 6) is 1.35. The molecular formula is C25H25NO4. The van der Waals surface area contributed by atoms with Gasteiger partial charge in [-0.05, 0) is 41.5 Å². The molecule has 4 rings (SSSR count). The van der Waals surface area contributed by atoms with Crippen molar-refractivity contribution in [1.82, 2.24) is 4.57 Å². The molecule has 0 saturated heterocycles. The lowest BCUT2D eigenvalue weighted by molar-refractivity contribution is -0.0511. The molecule has 0 aliphatic carbocycles. The van der Waals surface area contributed by atoms with E-state index in [1.807, 2.05) is 42.1 Å². The molecule has 1 atom stereocenters. The molecule has 1 unspecified atom stereocenters. The number of aliphatic hydroxyl groups is 2. The maximum atomic E-state index is 12.0. The highest BCUT2D eigenvalue weighted by atomic mass is 16.5. The maximum Gasteiger partial charge on any atom is 0.145 e. The molecule has 2 N–H and O–H groups in total. The van der Waals surface area contributed by atoms with Crippen LogP contribution in [0.2, 0.25) is 0 Å². The van der Waals surface area contributed by atoms with Gasteiger partial charge in [-0.25, -0.2) is 0 Å². The van der Waals surface area contributed by atoms with E-state index in [1.165, 1.54) is 0 Å². The number of aryl methyl sites for hydroxylation is 1. The Bertz CT molecular complexity index is 1100. The highest BCUT2D eigenvalue weighted by Crippen LogP contribution is 2.44. The molecule has 1 aromatic heterocycles. The van der Waals surface area contributed by atoms with Gasteiger partial charge in [0.15, 0.2) is 0 Å². The summed E-state index contributed by atoms with van der Waals surface area (Å²) in [7, 11) is 5.11. The molecule has 0 bridgehead atoms. The molecule has 5 heteroatoms. The van der Waals surface area contributed by atoms with Crippen LogP contribution < -0.4 is 9.47 Å². The molecule has 3 aromatic carbocycles. The first-order valence-corrected chi connectivity index (χ1v) is 9.72. The number of methoxy groups -OCH3 is 2. The van der Waals surface area contributed by atoms with E-state index in [2.05, 4.69) is 0 Å². The van der Waals surface area contributed by atoms with Crippen LogP contribution in [0.25, 0.3) is 10.9 Å². The van der Waals surface area contributed by atoms with Gasteiger partial charge >= 0.3 is 0 Å². The summed E-state index contributed by atoms with van der Waals surface area (Å²) < 4.78 is 12.5. The Labute approximate surface area is 175 Å². The van der Waals surface area contributed by atoms with Gasteiger partial charge in [0.25, 0.3) is 0 Å². The van der Waals surface area contributed by atoms with Crippen molar-refractivity contribution >= 4 is 10.9 Å². The molecule has 4 aromatic rings. The standard InChI is InChI=1S/C25H25NO4/c1-26-16-22(21-6-4-5-7-23(21)26)24(27)25(28,17-8-12-19(29-2)13-9-17)18-10-14-20(30-3)15-11-18/h4-16,24,27-28H,1-3H3. The third kappa shape index (κ3) is 3.22. The predicted octanol–water partition coefficient (Wildman–Crippen LogP) is 4.17. The summed E-state index contributed by atoms with van der Waals surface area (Å²) in [5.41, 5.74) is 1.09. The zero-order chi connectivity index (χ0) is 21.3. The second-order valence-corrected chi connectivity index (χ2v) is 7.34. The molecule has 0 aliphatic heterocycles. The Hall–Kier alpha value is -3.28. The van der Waals surface area contributed by atoms with E-state index in [1.54, 1.807) is 62.8 Å². The van der Waals surface area contributed by atoms with Crippen LogP contribution in [0.15, 0.2) is 79.0 Å². The lowest BCUT2D eigenvalue weighted by Gasteiger charge is -2.34. The summed E-state index contributed by atoms with van der Waals surface area (Å²) in [6, 6.07) is 22.0. The van der Waals surface area contributed by atoms with Crippen LogP contribution in [0.5, 0.6) is 11.5 Å². The second-order valence-electron chi connectivity index (χ2n) is 7.34. The van der Waals surface area contributed by atoms with Gasteiger partial charge in [0, 0.05) is 29.7 Å². The Kier molecular flexibility index (Phi) is 5.24. The molecule has 0 aliphatic rings. The van der Waals surface area contributed by atoms with Crippen molar-refractivity contribution in [2.45, 2.75) is 11.7 Å². The number of hydrogen-bond donors (Lipinski definition) is 2. The van der Waals surface area contributed by atoms with E-state index < -0.39 is 11.7 Å². The van der Waals surface area contributed by atoms with Crippen molar-refractivity contribution in [3.05, 3.63) is 95.7 Å². The molecule has 5 nitrogen and oxygen atoms in total. The van der Waals surface area contributed by atoms with Gasteiger partial charge in [-0.1, -0.05) is 42.5 Å². The van der Waals surface area contributed by atoms with Crippen molar-refractivity contribution < 1.29 is 19.7 Å². The smallest absolute Gasteiger partial charge is 0.145 e. The monoisotopic (exact) mass is 403 g/mol. The first-order valence-electron chi connectivity index (χ1n) is 9.72. The van der Waals surface area contributed by atoms with Crippen LogP contribution in [0.3, 0.4) is 0 Å². The maximum absolute atomic E-state index is 12.0. The largest absolute Gasteiger partial charge is 0.497 e. The van der Waals surface area contributed by atoms with Crippen LogP contribution >= 0.6 is 0 Å². The van der Waals surface area contributed by atoms with Gasteiger partial charge in [0.1, 0.15) is 23.2 Å². The highest BCUT2D eigenvalue weighted by Gasteiger charge is 2.41. The number of ether oxygens (including phenoxy) is 2. The van der Waals surface area contributed by atoms with Crippen molar-refractivity contribution in [2.24, 2.45) is 7.05 Å². The highest BCUT2D eigenvalue weighted by molar-refractivity contribution is 5.84. The minimum Gasteiger partial charge on any atom is -0.497 e. The molecule has 0 saturated carbocycles. The molecule has 0 amide bonds. The molecule has 30 heavy (non-hydrogen) atoms. The number of aliphatic hydroxyl groups excluding tert-OH is 1. The molecule has 0 fully saturated rings. The molecular weight excluding hydrogens is 378 g/mol. The first-order chi connectivity index (χ1) is 14.5. The number of aromatic nitrogens is 1. The normalized spacial score (nSPS) is 12.7. The second kappa shape index (κ2) is 7.86. The Balaban J connectivity index is 1.91. The lowest BCUT2D eigenvalue weighted by atomic mass is 9.79. The van der Waals surface area contributed by atoms with Gasteiger partial charge < -0.3 is 24.3 Å². The minimum atomic E-state index is -1.68. The van der Waals surface area contributed by atoms with E-state index in [9.17, 15) is 10.2 Å². The number of hydrogen-bond acceptors (Lipinski definition) is 4. The van der Waals surface area contributed by atoms with E-state index >= 15 is 0 Å². The van der Waals surface area contributed by atoms with Crippen LogP contribution in [-0.4, -0.2) is 29.0 Å². The Morgan fingerprint density at radius 3 is 1.80 bits per heavy atom. The summed E-state index contributed by atoms with van der Waals surface area (Å²) in [5, 5.41) is 24.5. The average molecular weight is 403 g/mol. The molecule has 0 radical (unpaired) electrons. The van der Waals surface area contributed by atoms with Gasteiger partial charge in [-0.3, -0.25) is 0 Å². The zero-order valence-electron chi connectivity index (χ0n) is 17.2. The van der Waals surface area contributed by atoms with E-state index in [0.717, 1.165) is 10.9 Å². The van der Waals surface area contributed by atoms with E-state index in [4.69, 9.17) is 9.47 Å². The fourth-order valence-corrected chi connectivity index (χ4v) is 3.99. The van der Waals surface area contributed by atoms with Crippen LogP contribution in [0, 0.1) is 0 Å². The van der Waals surface area contributed by atoms with E-state index in [-0.39, 0.29) is 0 Å². The fourth-order valence-electron chi connectivity index (χ4n) is 3.99. The third-order valence-corrected chi connectivity index (χ3v) is 5.68. The van der Waals surface area contributed by atoms with Crippen molar-refractivity contribution in [3.63, 3.8) is 0 Å². The van der Waals surface area contributed by atoms with Gasteiger partial charge in [0.2, 0.25) is 0 Å². The number of fused-ring (bicyclic) bond motifs is 1. The number of nitrogens with zero attached hydrogens (tertiary/aromatic N) is 1. The summed E-state index contributed by atoms with van der Waals surface area (Å²) >= 11 is 0. The van der Waals surface area contributed by atoms with Crippen molar-refractivity contribution in [1.29, 1.82) is 0 Å². The van der Waals surface area contributed by atoms with Crippen LogP contribution in [0.1, 0.15) is 22.8 Å². The number of para-hydroxylation sites is 1. The SMILES string of the molecule is COc1ccc(C(O)(c2ccc(OC)cc2)C(O)c2cn(C)c3ccccc23)cc1. The fraction of sp³-hybridized carbons (Fsp3) is 0.200. The van der Waals surface area contributed by atoms with Gasteiger partial charge in [0.05, 0.1) is 14.2 Å². The summed E-state index contributed by atoms with van der Waals surface area (Å²) in [6.07, 6.45) is 0.665. The topological polar surface area (TPSA) is 63.9 Å². The molecule has 0 spiro atoms. The third-order valence-electron chi connectivity index (χ3n) is 5.68. The predicted molar refractivity (Wildman–Crippen MR) is 117 cm³/mol. The first kappa shape index (κ1) is 20.0. The summed E-state index contributed by atoms with van der Waals surface area (Å²) in [4.78, 5) is 0. The minimum absolute atomic E-state index is 0.564. The molecule has 1 heterocycles. The average Bonchev–Trinajstić information content (AvgIpc) is 3.14.